The molecule has 0 fully saturated rings. The number of carbonyl (C=O) groups excluding carboxylic acids is 2. The minimum absolute atomic E-state index is 0.00237. The zero-order valence-corrected chi connectivity index (χ0v) is 13.0. The molecule has 116 valence electrons. The summed E-state index contributed by atoms with van der Waals surface area (Å²) >= 11 is 1.34. The molecule has 0 aliphatic carbocycles. The van der Waals surface area contributed by atoms with Crippen LogP contribution in [0.1, 0.15) is 42.8 Å². The van der Waals surface area contributed by atoms with Gasteiger partial charge >= 0.3 is 5.97 Å². The summed E-state index contributed by atoms with van der Waals surface area (Å²) in [6, 6.07) is 3.51. The van der Waals surface area contributed by atoms with E-state index < -0.39 is 11.5 Å². The molecule has 1 aromatic rings. The van der Waals surface area contributed by atoms with Crippen molar-refractivity contribution in [3.63, 3.8) is 0 Å². The van der Waals surface area contributed by atoms with Gasteiger partial charge in [0.2, 0.25) is 5.91 Å². The van der Waals surface area contributed by atoms with Gasteiger partial charge in [-0.1, -0.05) is 6.07 Å². The number of amides is 2. The lowest BCUT2D eigenvalue weighted by molar-refractivity contribution is -0.137. The second-order valence-electron chi connectivity index (χ2n) is 5.31. The molecule has 0 aliphatic heterocycles. The molecule has 0 radical (unpaired) electrons. The summed E-state index contributed by atoms with van der Waals surface area (Å²) in [4.78, 5) is 34.6. The van der Waals surface area contributed by atoms with Gasteiger partial charge in [-0.25, -0.2) is 0 Å². The standard InChI is InChI=1S/C14H20N2O4S/c1-14(2,7-5-12(18)19)16-11(17)6-8-15-13(20)10-4-3-9-21-10/h3-4,9H,5-8H2,1-2H3,(H,15,20)(H,16,17)(H,18,19). The van der Waals surface area contributed by atoms with E-state index in [9.17, 15) is 14.4 Å². The summed E-state index contributed by atoms with van der Waals surface area (Å²) in [6.07, 6.45) is 0.519. The molecule has 0 atom stereocenters. The van der Waals surface area contributed by atoms with Gasteiger partial charge in [0, 0.05) is 24.9 Å². The van der Waals surface area contributed by atoms with Crippen LogP contribution in [0.4, 0.5) is 0 Å². The van der Waals surface area contributed by atoms with E-state index in [1.807, 2.05) is 5.38 Å². The molecule has 1 rings (SSSR count). The Kier molecular flexibility index (Phi) is 6.36. The quantitative estimate of drug-likeness (QED) is 0.680. The van der Waals surface area contributed by atoms with Gasteiger partial charge in [-0.15, -0.1) is 11.3 Å². The Balaban J connectivity index is 2.27. The van der Waals surface area contributed by atoms with E-state index in [0.717, 1.165) is 0 Å². The predicted octanol–water partition coefficient (Wildman–Crippen LogP) is 1.63. The number of aliphatic carboxylic acids is 1. The summed E-state index contributed by atoms with van der Waals surface area (Å²) in [5, 5.41) is 15.9. The smallest absolute Gasteiger partial charge is 0.303 e. The van der Waals surface area contributed by atoms with Crippen LogP contribution in [-0.2, 0) is 9.59 Å². The van der Waals surface area contributed by atoms with E-state index in [1.54, 1.807) is 26.0 Å². The van der Waals surface area contributed by atoms with E-state index in [0.29, 0.717) is 11.3 Å². The molecule has 0 saturated heterocycles. The number of thiophene rings is 1. The van der Waals surface area contributed by atoms with E-state index in [-0.39, 0.29) is 31.2 Å². The molecule has 0 saturated carbocycles. The summed E-state index contributed by atoms with van der Waals surface area (Å²) in [5.41, 5.74) is -0.576. The maximum atomic E-state index is 11.8. The van der Waals surface area contributed by atoms with Crippen molar-refractivity contribution in [2.24, 2.45) is 0 Å². The van der Waals surface area contributed by atoms with Crippen molar-refractivity contribution < 1.29 is 19.5 Å². The van der Waals surface area contributed by atoms with Crippen molar-refractivity contribution in [1.29, 1.82) is 0 Å². The Morgan fingerprint density at radius 2 is 2.00 bits per heavy atom. The summed E-state index contributed by atoms with van der Waals surface area (Å²) in [5.74, 6) is -1.29. The lowest BCUT2D eigenvalue weighted by atomic mass is 9.98. The zero-order chi connectivity index (χ0) is 15.9. The van der Waals surface area contributed by atoms with E-state index in [1.165, 1.54) is 11.3 Å². The van der Waals surface area contributed by atoms with Crippen molar-refractivity contribution in [1.82, 2.24) is 10.6 Å². The molecular weight excluding hydrogens is 292 g/mol. The maximum Gasteiger partial charge on any atom is 0.303 e. The molecule has 2 amide bonds. The number of carboxylic acid groups (broad SMARTS) is 1. The van der Waals surface area contributed by atoms with Gasteiger partial charge in [0.05, 0.1) is 4.88 Å². The van der Waals surface area contributed by atoms with Crippen molar-refractivity contribution >= 4 is 29.1 Å². The second kappa shape index (κ2) is 7.78. The predicted molar refractivity (Wildman–Crippen MR) is 80.4 cm³/mol. The van der Waals surface area contributed by atoms with Crippen LogP contribution in [0.2, 0.25) is 0 Å². The molecule has 0 bridgehead atoms. The lowest BCUT2D eigenvalue weighted by Gasteiger charge is -2.25. The molecule has 0 aromatic carbocycles. The Labute approximate surface area is 127 Å². The molecule has 3 N–H and O–H groups in total. The minimum Gasteiger partial charge on any atom is -0.481 e. The first-order chi connectivity index (χ1) is 9.80. The third-order valence-corrected chi connectivity index (χ3v) is 3.69. The number of nitrogens with one attached hydrogen (secondary N) is 2. The first kappa shape index (κ1) is 17.2. The van der Waals surface area contributed by atoms with Gasteiger partial charge < -0.3 is 15.7 Å². The molecule has 0 spiro atoms. The van der Waals surface area contributed by atoms with Gasteiger partial charge in [-0.2, -0.15) is 0 Å². The summed E-state index contributed by atoms with van der Waals surface area (Å²) < 4.78 is 0. The molecule has 7 heteroatoms. The fraction of sp³-hybridized carbons (Fsp3) is 0.500. The first-order valence-corrected chi connectivity index (χ1v) is 7.53. The topological polar surface area (TPSA) is 95.5 Å². The highest BCUT2D eigenvalue weighted by Crippen LogP contribution is 2.11. The second-order valence-corrected chi connectivity index (χ2v) is 6.26. The molecule has 21 heavy (non-hydrogen) atoms. The number of hydrogen-bond acceptors (Lipinski definition) is 4. The maximum absolute atomic E-state index is 11.8. The number of hydrogen-bond donors (Lipinski definition) is 3. The van der Waals surface area contributed by atoms with Crippen LogP contribution in [0.25, 0.3) is 0 Å². The highest BCUT2D eigenvalue weighted by atomic mass is 32.1. The molecule has 1 heterocycles. The van der Waals surface area contributed by atoms with Crippen LogP contribution in [-0.4, -0.2) is 35.0 Å². The van der Waals surface area contributed by atoms with Crippen molar-refractivity contribution in [3.8, 4) is 0 Å². The van der Waals surface area contributed by atoms with Gasteiger partial charge in [-0.05, 0) is 31.7 Å². The molecular formula is C14H20N2O4S. The first-order valence-electron chi connectivity index (χ1n) is 6.65. The Hall–Kier alpha value is -1.89. The summed E-state index contributed by atoms with van der Waals surface area (Å²) in [6.45, 7) is 3.80. The SMILES string of the molecule is CC(C)(CCC(=O)O)NC(=O)CCNC(=O)c1cccs1. The van der Waals surface area contributed by atoms with E-state index in [4.69, 9.17) is 5.11 Å². The molecule has 0 unspecified atom stereocenters. The third-order valence-electron chi connectivity index (χ3n) is 2.82. The number of rotatable bonds is 8. The van der Waals surface area contributed by atoms with Gasteiger partial charge in [-0.3, -0.25) is 14.4 Å². The summed E-state index contributed by atoms with van der Waals surface area (Å²) in [7, 11) is 0. The van der Waals surface area contributed by atoms with Crippen LogP contribution < -0.4 is 10.6 Å². The normalized spacial score (nSPS) is 11.0. The van der Waals surface area contributed by atoms with Crippen molar-refractivity contribution in [2.75, 3.05) is 6.54 Å². The fourth-order valence-corrected chi connectivity index (χ4v) is 2.35. The largest absolute Gasteiger partial charge is 0.481 e. The average molecular weight is 312 g/mol. The Bertz CT molecular complexity index is 497. The zero-order valence-electron chi connectivity index (χ0n) is 12.1. The minimum atomic E-state index is -0.888. The Morgan fingerprint density at radius 3 is 2.57 bits per heavy atom. The van der Waals surface area contributed by atoms with E-state index in [2.05, 4.69) is 10.6 Å². The van der Waals surface area contributed by atoms with Crippen LogP contribution in [0, 0.1) is 0 Å². The van der Waals surface area contributed by atoms with Gasteiger partial charge in [0.25, 0.3) is 5.91 Å². The van der Waals surface area contributed by atoms with Gasteiger partial charge in [0.1, 0.15) is 0 Å². The van der Waals surface area contributed by atoms with Crippen LogP contribution in [0.15, 0.2) is 17.5 Å². The highest BCUT2D eigenvalue weighted by molar-refractivity contribution is 7.12. The fourth-order valence-electron chi connectivity index (χ4n) is 1.71. The third kappa shape index (κ3) is 6.89. The van der Waals surface area contributed by atoms with E-state index >= 15 is 0 Å². The average Bonchev–Trinajstić information content (AvgIpc) is 2.89. The van der Waals surface area contributed by atoms with Crippen LogP contribution >= 0.6 is 11.3 Å². The van der Waals surface area contributed by atoms with Crippen LogP contribution in [0.5, 0.6) is 0 Å². The van der Waals surface area contributed by atoms with Gasteiger partial charge in [0.15, 0.2) is 0 Å². The van der Waals surface area contributed by atoms with Crippen molar-refractivity contribution in [2.45, 2.75) is 38.6 Å². The Morgan fingerprint density at radius 1 is 1.29 bits per heavy atom. The number of carboxylic acids is 1. The molecule has 6 nitrogen and oxygen atoms in total. The van der Waals surface area contributed by atoms with Crippen molar-refractivity contribution in [3.05, 3.63) is 22.4 Å². The lowest BCUT2D eigenvalue weighted by Crippen LogP contribution is -2.44. The number of carbonyl (C=O) groups is 3. The molecule has 0 aliphatic rings. The molecule has 1 aromatic heterocycles. The van der Waals surface area contributed by atoms with Crippen LogP contribution in [0.3, 0.4) is 0 Å². The highest BCUT2D eigenvalue weighted by Gasteiger charge is 2.21. The monoisotopic (exact) mass is 312 g/mol.